The fourth-order valence-electron chi connectivity index (χ4n) is 1.90. The molecule has 5 heteroatoms. The maximum absolute atomic E-state index is 10.7. The van der Waals surface area contributed by atoms with E-state index in [4.69, 9.17) is 14.6 Å². The lowest BCUT2D eigenvalue weighted by Crippen LogP contribution is -2.47. The van der Waals surface area contributed by atoms with Crippen LogP contribution in [-0.4, -0.2) is 61.5 Å². The average molecular weight is 245 g/mol. The molecule has 1 heterocycles. The van der Waals surface area contributed by atoms with Crippen LogP contribution in [0.2, 0.25) is 0 Å². The Morgan fingerprint density at radius 1 is 1.53 bits per heavy atom. The molecule has 0 radical (unpaired) electrons. The molecule has 1 aliphatic rings. The van der Waals surface area contributed by atoms with Gasteiger partial charge in [0.05, 0.1) is 26.2 Å². The summed E-state index contributed by atoms with van der Waals surface area (Å²) in [5.41, 5.74) is 0. The van der Waals surface area contributed by atoms with Gasteiger partial charge < -0.3 is 14.6 Å². The van der Waals surface area contributed by atoms with Crippen LogP contribution in [0.4, 0.5) is 0 Å². The molecule has 1 saturated heterocycles. The standard InChI is InChI=1S/C12H23NO4/c1-2-3-6-16-7-4-13-5-8-17-10-11(13)9-12(14)15/h11H,2-10H2,1H3,(H,14,15). The van der Waals surface area contributed by atoms with Gasteiger partial charge in [0.2, 0.25) is 0 Å². The first-order valence-electron chi connectivity index (χ1n) is 6.35. The molecule has 0 spiro atoms. The molecule has 0 saturated carbocycles. The molecular weight excluding hydrogens is 222 g/mol. The lowest BCUT2D eigenvalue weighted by atomic mass is 10.1. The van der Waals surface area contributed by atoms with E-state index in [1.54, 1.807) is 0 Å². The quantitative estimate of drug-likeness (QED) is 0.646. The Morgan fingerprint density at radius 3 is 3.06 bits per heavy atom. The normalized spacial score (nSPS) is 21.6. The van der Waals surface area contributed by atoms with Crippen molar-refractivity contribution in [2.24, 2.45) is 0 Å². The van der Waals surface area contributed by atoms with Crippen molar-refractivity contribution in [3.05, 3.63) is 0 Å². The molecule has 0 bridgehead atoms. The van der Waals surface area contributed by atoms with Crippen LogP contribution in [0.25, 0.3) is 0 Å². The highest BCUT2D eigenvalue weighted by molar-refractivity contribution is 5.67. The third kappa shape index (κ3) is 6.00. The minimum absolute atomic E-state index is 0.00368. The number of ether oxygens (including phenoxy) is 2. The minimum Gasteiger partial charge on any atom is -0.481 e. The zero-order valence-electron chi connectivity index (χ0n) is 10.6. The summed E-state index contributed by atoms with van der Waals surface area (Å²) in [4.78, 5) is 12.9. The second kappa shape index (κ2) is 8.44. The highest BCUT2D eigenvalue weighted by atomic mass is 16.5. The number of carboxylic acid groups (broad SMARTS) is 1. The van der Waals surface area contributed by atoms with E-state index >= 15 is 0 Å². The number of hydrogen-bond acceptors (Lipinski definition) is 4. The van der Waals surface area contributed by atoms with Crippen molar-refractivity contribution in [3.63, 3.8) is 0 Å². The van der Waals surface area contributed by atoms with Crippen LogP contribution in [0.5, 0.6) is 0 Å². The molecule has 0 amide bonds. The van der Waals surface area contributed by atoms with Crippen LogP contribution < -0.4 is 0 Å². The highest BCUT2D eigenvalue weighted by Crippen LogP contribution is 2.10. The lowest BCUT2D eigenvalue weighted by molar-refractivity contribution is -0.140. The molecule has 1 aliphatic heterocycles. The Labute approximate surface area is 103 Å². The SMILES string of the molecule is CCCCOCCN1CCOCC1CC(=O)O. The summed E-state index contributed by atoms with van der Waals surface area (Å²) >= 11 is 0. The molecular formula is C12H23NO4. The van der Waals surface area contributed by atoms with E-state index in [0.717, 1.165) is 32.5 Å². The molecule has 1 fully saturated rings. The summed E-state index contributed by atoms with van der Waals surface area (Å²) in [6.45, 7) is 6.40. The van der Waals surface area contributed by atoms with Crippen molar-refractivity contribution in [2.75, 3.05) is 39.5 Å². The van der Waals surface area contributed by atoms with Crippen molar-refractivity contribution >= 4 is 5.97 Å². The van der Waals surface area contributed by atoms with Gasteiger partial charge >= 0.3 is 5.97 Å². The Morgan fingerprint density at radius 2 is 2.35 bits per heavy atom. The van der Waals surface area contributed by atoms with Gasteiger partial charge in [-0.15, -0.1) is 0 Å². The average Bonchev–Trinajstić information content (AvgIpc) is 2.30. The van der Waals surface area contributed by atoms with Crippen LogP contribution in [0.1, 0.15) is 26.2 Å². The fourth-order valence-corrected chi connectivity index (χ4v) is 1.90. The van der Waals surface area contributed by atoms with Crippen LogP contribution in [0.3, 0.4) is 0 Å². The van der Waals surface area contributed by atoms with Crippen molar-refractivity contribution in [2.45, 2.75) is 32.2 Å². The van der Waals surface area contributed by atoms with Gasteiger partial charge in [-0.3, -0.25) is 9.69 Å². The summed E-state index contributed by atoms with van der Waals surface area (Å²) in [6.07, 6.45) is 2.37. The zero-order valence-corrected chi connectivity index (χ0v) is 10.6. The van der Waals surface area contributed by atoms with Gasteiger partial charge in [-0.25, -0.2) is 0 Å². The van der Waals surface area contributed by atoms with E-state index in [2.05, 4.69) is 11.8 Å². The summed E-state index contributed by atoms with van der Waals surface area (Å²) in [6, 6.07) is -0.00368. The van der Waals surface area contributed by atoms with Crippen molar-refractivity contribution in [3.8, 4) is 0 Å². The van der Waals surface area contributed by atoms with Gasteiger partial charge in [0, 0.05) is 25.7 Å². The number of unbranched alkanes of at least 4 members (excludes halogenated alkanes) is 1. The zero-order chi connectivity index (χ0) is 12.5. The molecule has 0 aromatic rings. The predicted octanol–water partition coefficient (Wildman–Crippen LogP) is 0.979. The molecule has 1 unspecified atom stereocenters. The van der Waals surface area contributed by atoms with Crippen LogP contribution in [0.15, 0.2) is 0 Å². The number of hydrogen-bond donors (Lipinski definition) is 1. The molecule has 17 heavy (non-hydrogen) atoms. The number of morpholine rings is 1. The first-order chi connectivity index (χ1) is 8.24. The van der Waals surface area contributed by atoms with Gasteiger partial charge in [-0.1, -0.05) is 13.3 Å². The fraction of sp³-hybridized carbons (Fsp3) is 0.917. The monoisotopic (exact) mass is 245 g/mol. The number of rotatable bonds is 8. The maximum Gasteiger partial charge on any atom is 0.305 e. The van der Waals surface area contributed by atoms with Crippen LogP contribution in [-0.2, 0) is 14.3 Å². The van der Waals surface area contributed by atoms with Gasteiger partial charge in [-0.2, -0.15) is 0 Å². The van der Waals surface area contributed by atoms with Crippen molar-refractivity contribution in [1.82, 2.24) is 4.90 Å². The Balaban J connectivity index is 2.20. The molecule has 100 valence electrons. The molecule has 0 aromatic carbocycles. The summed E-state index contributed by atoms with van der Waals surface area (Å²) in [7, 11) is 0. The molecule has 1 atom stereocenters. The molecule has 5 nitrogen and oxygen atoms in total. The smallest absolute Gasteiger partial charge is 0.305 e. The summed E-state index contributed by atoms with van der Waals surface area (Å²) in [5.74, 6) is -0.766. The second-order valence-corrected chi connectivity index (χ2v) is 4.33. The topological polar surface area (TPSA) is 59.0 Å². The summed E-state index contributed by atoms with van der Waals surface area (Å²) in [5, 5.41) is 8.81. The highest BCUT2D eigenvalue weighted by Gasteiger charge is 2.24. The number of nitrogens with zero attached hydrogens (tertiary/aromatic N) is 1. The van der Waals surface area contributed by atoms with Crippen molar-refractivity contribution < 1.29 is 19.4 Å². The first-order valence-corrected chi connectivity index (χ1v) is 6.35. The first kappa shape index (κ1) is 14.4. The summed E-state index contributed by atoms with van der Waals surface area (Å²) < 4.78 is 10.8. The largest absolute Gasteiger partial charge is 0.481 e. The third-order valence-corrected chi connectivity index (χ3v) is 2.92. The van der Waals surface area contributed by atoms with E-state index in [9.17, 15) is 4.79 Å². The van der Waals surface area contributed by atoms with Gasteiger partial charge in [0.15, 0.2) is 0 Å². The van der Waals surface area contributed by atoms with E-state index in [1.165, 1.54) is 0 Å². The van der Waals surface area contributed by atoms with Gasteiger partial charge in [0.1, 0.15) is 0 Å². The third-order valence-electron chi connectivity index (χ3n) is 2.92. The van der Waals surface area contributed by atoms with E-state index in [-0.39, 0.29) is 12.5 Å². The molecule has 1 rings (SSSR count). The van der Waals surface area contributed by atoms with Gasteiger partial charge in [0.25, 0.3) is 0 Å². The second-order valence-electron chi connectivity index (χ2n) is 4.33. The number of aliphatic carboxylic acids is 1. The molecule has 0 aromatic heterocycles. The van der Waals surface area contributed by atoms with E-state index in [1.807, 2.05) is 0 Å². The lowest BCUT2D eigenvalue weighted by Gasteiger charge is -2.34. The van der Waals surface area contributed by atoms with E-state index < -0.39 is 5.97 Å². The van der Waals surface area contributed by atoms with Gasteiger partial charge in [-0.05, 0) is 6.42 Å². The van der Waals surface area contributed by atoms with Crippen molar-refractivity contribution in [1.29, 1.82) is 0 Å². The molecule has 0 aliphatic carbocycles. The minimum atomic E-state index is -0.766. The maximum atomic E-state index is 10.7. The predicted molar refractivity (Wildman–Crippen MR) is 64.2 cm³/mol. The Hall–Kier alpha value is -0.650. The molecule has 1 N–H and O–H groups in total. The van der Waals surface area contributed by atoms with Crippen LogP contribution >= 0.6 is 0 Å². The Bertz CT molecular complexity index is 223. The van der Waals surface area contributed by atoms with E-state index in [0.29, 0.717) is 19.8 Å². The number of carboxylic acids is 1. The Kier molecular flexibility index (Phi) is 7.16. The number of carbonyl (C=O) groups is 1. The van der Waals surface area contributed by atoms with Crippen LogP contribution in [0, 0.1) is 0 Å².